The van der Waals surface area contributed by atoms with Crippen molar-refractivity contribution < 1.29 is 18.0 Å². The molecule has 1 N–H and O–H groups in total. The Balaban J connectivity index is 2.01. The molecule has 6 nitrogen and oxygen atoms in total. The number of hydrogen-bond acceptors (Lipinski definition) is 3. The maximum Gasteiger partial charge on any atom is 0.416 e. The molecule has 2 aromatic heterocycles. The molecule has 2 aromatic carbocycles. The van der Waals surface area contributed by atoms with Crippen molar-refractivity contribution >= 4 is 33.4 Å². The zero-order chi connectivity index (χ0) is 21.6. The van der Waals surface area contributed by atoms with E-state index in [1.54, 1.807) is 25.2 Å². The summed E-state index contributed by atoms with van der Waals surface area (Å²) in [5, 5.41) is 7.67. The number of anilines is 1. The molecule has 9 heteroatoms. The van der Waals surface area contributed by atoms with E-state index in [1.807, 2.05) is 5.92 Å². The number of carbonyl (C=O) groups excluding carboxylic acids is 1. The average molecular weight is 410 g/mol. The van der Waals surface area contributed by atoms with Crippen LogP contribution in [0.2, 0.25) is 0 Å². The molecule has 4 rings (SSSR count). The molecular formula is C21H13F3N4O2. The van der Waals surface area contributed by atoms with E-state index in [0.717, 1.165) is 12.1 Å². The lowest BCUT2D eigenvalue weighted by Gasteiger charge is -2.13. The largest absolute Gasteiger partial charge is 0.416 e. The van der Waals surface area contributed by atoms with Gasteiger partial charge in [-0.25, -0.2) is 0 Å². The predicted octanol–water partition coefficient (Wildman–Crippen LogP) is 3.47. The highest BCUT2D eigenvalue weighted by Crippen LogP contribution is 2.31. The number of pyridine rings is 1. The molecular weight excluding hydrogens is 397 g/mol. The van der Waals surface area contributed by atoms with Gasteiger partial charge in [0.25, 0.3) is 11.5 Å². The number of benzene rings is 2. The normalized spacial score (nSPS) is 11.6. The van der Waals surface area contributed by atoms with Crippen molar-refractivity contribution in [3.8, 4) is 18.0 Å². The Kier molecular flexibility index (Phi) is 4.35. The Morgan fingerprint density at radius 1 is 1.13 bits per heavy atom. The SMILES string of the molecule is C#CC(=O)Nc1ccc2c(c1)c1nn(C)cc1c(=O)n2-c1ccc(C(F)(F)F)cc1. The number of halogens is 3. The Bertz CT molecular complexity index is 1410. The van der Waals surface area contributed by atoms with Crippen LogP contribution in [0.3, 0.4) is 0 Å². The molecule has 0 spiro atoms. The number of amides is 1. The molecule has 30 heavy (non-hydrogen) atoms. The number of carbonyl (C=O) groups is 1. The molecule has 0 atom stereocenters. The molecule has 0 aliphatic heterocycles. The molecule has 150 valence electrons. The maximum absolute atomic E-state index is 13.1. The first kappa shape index (κ1) is 19.3. The van der Waals surface area contributed by atoms with Crippen LogP contribution in [0.5, 0.6) is 0 Å². The second-order valence-electron chi connectivity index (χ2n) is 6.58. The molecule has 0 fully saturated rings. The highest BCUT2D eigenvalue weighted by Gasteiger charge is 2.30. The molecule has 1 amide bonds. The van der Waals surface area contributed by atoms with Crippen LogP contribution in [0.1, 0.15) is 5.56 Å². The van der Waals surface area contributed by atoms with Crippen LogP contribution in [0.25, 0.3) is 27.5 Å². The lowest BCUT2D eigenvalue weighted by atomic mass is 10.1. The number of hydrogen-bond donors (Lipinski definition) is 1. The van der Waals surface area contributed by atoms with E-state index in [4.69, 9.17) is 6.42 Å². The summed E-state index contributed by atoms with van der Waals surface area (Å²) in [6.07, 6.45) is 2.13. The predicted molar refractivity (Wildman–Crippen MR) is 106 cm³/mol. The minimum absolute atomic E-state index is 0.268. The van der Waals surface area contributed by atoms with Crippen LogP contribution in [0.4, 0.5) is 18.9 Å². The first-order valence-corrected chi connectivity index (χ1v) is 8.66. The number of terminal acetylenes is 1. The number of aromatic nitrogens is 3. The van der Waals surface area contributed by atoms with Gasteiger partial charge in [-0.05, 0) is 48.4 Å². The molecule has 0 unspecified atom stereocenters. The standard InChI is InChI=1S/C21H13F3N4O2/c1-3-18(29)25-13-6-9-17-15(10-13)19-16(11-27(2)26-19)20(30)28(17)14-7-4-12(5-8-14)21(22,23)24/h1,4-11H,2H3,(H,25,29). The van der Waals surface area contributed by atoms with Gasteiger partial charge in [-0.2, -0.15) is 18.3 Å². The molecule has 0 aliphatic carbocycles. The van der Waals surface area contributed by atoms with Crippen LogP contribution in [0.15, 0.2) is 53.5 Å². The summed E-state index contributed by atoms with van der Waals surface area (Å²) in [5.74, 6) is 1.31. The monoisotopic (exact) mass is 410 g/mol. The quantitative estimate of drug-likeness (QED) is 0.515. The van der Waals surface area contributed by atoms with E-state index < -0.39 is 23.2 Å². The zero-order valence-electron chi connectivity index (χ0n) is 15.5. The maximum atomic E-state index is 13.1. The second-order valence-corrected chi connectivity index (χ2v) is 6.58. The topological polar surface area (TPSA) is 68.9 Å². The zero-order valence-corrected chi connectivity index (χ0v) is 15.5. The number of aryl methyl sites for hydroxylation is 1. The minimum atomic E-state index is -4.48. The smallest absolute Gasteiger partial charge is 0.315 e. The van der Waals surface area contributed by atoms with Gasteiger partial charge in [-0.15, -0.1) is 6.42 Å². The number of rotatable bonds is 2. The lowest BCUT2D eigenvalue weighted by Crippen LogP contribution is -2.19. The van der Waals surface area contributed by atoms with E-state index in [-0.39, 0.29) is 11.1 Å². The second kappa shape index (κ2) is 6.77. The fourth-order valence-corrected chi connectivity index (χ4v) is 3.30. The van der Waals surface area contributed by atoms with E-state index >= 15 is 0 Å². The third-order valence-corrected chi connectivity index (χ3v) is 4.60. The van der Waals surface area contributed by atoms with Gasteiger partial charge in [0.05, 0.1) is 16.5 Å². The van der Waals surface area contributed by atoms with Crippen molar-refractivity contribution in [1.29, 1.82) is 0 Å². The highest BCUT2D eigenvalue weighted by molar-refractivity contribution is 6.08. The van der Waals surface area contributed by atoms with Crippen LogP contribution in [0, 0.1) is 12.3 Å². The van der Waals surface area contributed by atoms with Gasteiger partial charge >= 0.3 is 6.18 Å². The number of alkyl halides is 3. The van der Waals surface area contributed by atoms with E-state index in [2.05, 4.69) is 10.4 Å². The molecule has 4 aromatic rings. The summed E-state index contributed by atoms with van der Waals surface area (Å²) in [4.78, 5) is 24.7. The average Bonchev–Trinajstić information content (AvgIpc) is 3.10. The van der Waals surface area contributed by atoms with Gasteiger partial charge in [-0.1, -0.05) is 0 Å². The first-order valence-electron chi connectivity index (χ1n) is 8.66. The molecule has 0 bridgehead atoms. The number of nitrogens with zero attached hydrogens (tertiary/aromatic N) is 3. The van der Waals surface area contributed by atoms with Gasteiger partial charge in [0.2, 0.25) is 0 Å². The molecule has 0 aliphatic rings. The number of fused-ring (bicyclic) bond motifs is 3. The summed E-state index contributed by atoms with van der Waals surface area (Å²) in [7, 11) is 1.65. The van der Waals surface area contributed by atoms with Crippen molar-refractivity contribution in [2.24, 2.45) is 7.05 Å². The van der Waals surface area contributed by atoms with Crippen LogP contribution < -0.4 is 10.9 Å². The Labute approximate surface area is 167 Å². The summed E-state index contributed by atoms with van der Waals surface area (Å²) in [6.45, 7) is 0. The van der Waals surface area contributed by atoms with Gasteiger partial charge in [0, 0.05) is 30.0 Å². The van der Waals surface area contributed by atoms with E-state index in [9.17, 15) is 22.8 Å². The fourth-order valence-electron chi connectivity index (χ4n) is 3.30. The molecule has 0 saturated carbocycles. The molecule has 2 heterocycles. The third kappa shape index (κ3) is 3.18. The number of nitrogens with one attached hydrogen (secondary N) is 1. The summed E-state index contributed by atoms with van der Waals surface area (Å²) in [6, 6.07) is 9.05. The fraction of sp³-hybridized carbons (Fsp3) is 0.0952. The summed E-state index contributed by atoms with van der Waals surface area (Å²) in [5.41, 5.74) is 0.248. The van der Waals surface area contributed by atoms with Crippen LogP contribution >= 0.6 is 0 Å². The Morgan fingerprint density at radius 2 is 1.83 bits per heavy atom. The minimum Gasteiger partial charge on any atom is -0.315 e. The lowest BCUT2D eigenvalue weighted by molar-refractivity contribution is -0.137. The molecule has 0 radical (unpaired) electrons. The van der Waals surface area contributed by atoms with Crippen molar-refractivity contribution in [3.63, 3.8) is 0 Å². The van der Waals surface area contributed by atoms with Gasteiger partial charge in [-0.3, -0.25) is 18.8 Å². The van der Waals surface area contributed by atoms with Gasteiger partial charge in [0.1, 0.15) is 5.52 Å². The Morgan fingerprint density at radius 3 is 2.47 bits per heavy atom. The summed E-state index contributed by atoms with van der Waals surface area (Å²) < 4.78 is 41.5. The van der Waals surface area contributed by atoms with Crippen LogP contribution in [-0.4, -0.2) is 20.3 Å². The van der Waals surface area contributed by atoms with Crippen molar-refractivity contribution in [3.05, 3.63) is 64.6 Å². The van der Waals surface area contributed by atoms with Crippen molar-refractivity contribution in [1.82, 2.24) is 14.3 Å². The highest BCUT2D eigenvalue weighted by atomic mass is 19.4. The van der Waals surface area contributed by atoms with Crippen molar-refractivity contribution in [2.75, 3.05) is 5.32 Å². The third-order valence-electron chi connectivity index (χ3n) is 4.60. The first-order chi connectivity index (χ1) is 14.2. The van der Waals surface area contributed by atoms with E-state index in [1.165, 1.54) is 27.6 Å². The van der Waals surface area contributed by atoms with Crippen LogP contribution in [-0.2, 0) is 18.0 Å². The summed E-state index contributed by atoms with van der Waals surface area (Å²) >= 11 is 0. The van der Waals surface area contributed by atoms with Gasteiger partial charge in [0.15, 0.2) is 0 Å². The van der Waals surface area contributed by atoms with Gasteiger partial charge < -0.3 is 5.32 Å². The van der Waals surface area contributed by atoms with Crippen molar-refractivity contribution in [2.45, 2.75) is 6.18 Å². The van der Waals surface area contributed by atoms with E-state index in [0.29, 0.717) is 22.1 Å². The molecule has 0 saturated heterocycles. The Hall–Kier alpha value is -4.06.